The van der Waals surface area contributed by atoms with Crippen molar-refractivity contribution in [3.8, 4) is 0 Å². The lowest BCUT2D eigenvalue weighted by atomic mass is 9.99. The molecule has 2 aromatic carbocycles. The Kier molecular flexibility index (Phi) is 14.2. The van der Waals surface area contributed by atoms with Gasteiger partial charge >= 0.3 is 6.09 Å². The van der Waals surface area contributed by atoms with Crippen molar-refractivity contribution in [3.63, 3.8) is 0 Å². The van der Waals surface area contributed by atoms with Crippen molar-refractivity contribution in [2.45, 2.75) is 54.0 Å². The van der Waals surface area contributed by atoms with Gasteiger partial charge in [0.1, 0.15) is 12.6 Å². The summed E-state index contributed by atoms with van der Waals surface area (Å²) in [6, 6.07) is 15.1. The molecule has 0 unspecified atom stereocenters. The van der Waals surface area contributed by atoms with E-state index in [4.69, 9.17) is 51.0 Å². The summed E-state index contributed by atoms with van der Waals surface area (Å²) in [5.74, 6) is -1.41. The molecule has 14 heteroatoms. The number of alkyl carbamates (subject to hydrolysis) is 1. The lowest BCUT2D eigenvalue weighted by Crippen LogP contribution is -2.54. The van der Waals surface area contributed by atoms with E-state index >= 15 is 0 Å². The third-order valence-electron chi connectivity index (χ3n) is 6.72. The molecule has 7 N–H and O–H groups in total. The molecule has 0 fully saturated rings. The standard InChI is InChI=1S/C30H36Cl3N5O5S/c31-30(32,33)18-43-29(42)36-12-4-3-9-24(27(35)40)38-28(41)25(16-22-8-5-13-44-22)37-17-26(39)23(34)15-19-10-11-20-6-1-2-7-21(20)14-19/h1-2,5-8,10-11,13-14,23-25,37H,3-4,9,12,15-18,34H2,(H2,35,40)(H,36,42)(H,38,41)/t23-,24+,25-/m1/s1. The normalized spacial score (nSPS) is 13.5. The molecule has 0 saturated heterocycles. The zero-order chi connectivity index (χ0) is 32.1. The van der Waals surface area contributed by atoms with E-state index in [1.807, 2.05) is 60.0 Å². The number of primary amides is 1. The van der Waals surface area contributed by atoms with Crippen LogP contribution in [0.1, 0.15) is 29.7 Å². The number of ether oxygens (including phenoxy) is 1. The minimum atomic E-state index is -1.71. The molecule has 44 heavy (non-hydrogen) atoms. The van der Waals surface area contributed by atoms with E-state index in [-0.39, 0.29) is 25.3 Å². The van der Waals surface area contributed by atoms with E-state index in [0.717, 1.165) is 21.2 Å². The fourth-order valence-electron chi connectivity index (χ4n) is 4.40. The average Bonchev–Trinajstić information content (AvgIpc) is 3.49. The van der Waals surface area contributed by atoms with Crippen LogP contribution in [0.4, 0.5) is 4.79 Å². The van der Waals surface area contributed by atoms with Crippen molar-refractivity contribution < 1.29 is 23.9 Å². The van der Waals surface area contributed by atoms with Crippen LogP contribution in [0.15, 0.2) is 60.0 Å². The second kappa shape index (κ2) is 17.5. The molecule has 0 aliphatic carbocycles. The molecule has 10 nitrogen and oxygen atoms in total. The fourth-order valence-corrected chi connectivity index (χ4v) is 5.31. The monoisotopic (exact) mass is 683 g/mol. The van der Waals surface area contributed by atoms with Gasteiger partial charge in [-0.2, -0.15) is 0 Å². The Morgan fingerprint density at radius 2 is 1.68 bits per heavy atom. The number of unbranched alkanes of at least 4 members (excludes halogenated alkanes) is 1. The number of hydrogen-bond donors (Lipinski definition) is 5. The maximum atomic E-state index is 13.3. The summed E-state index contributed by atoms with van der Waals surface area (Å²) in [4.78, 5) is 51.0. The second-order valence-electron chi connectivity index (χ2n) is 10.3. The molecule has 0 saturated carbocycles. The first-order chi connectivity index (χ1) is 20.9. The van der Waals surface area contributed by atoms with Gasteiger partial charge in [-0.1, -0.05) is 83.3 Å². The van der Waals surface area contributed by atoms with E-state index < -0.39 is 46.4 Å². The molecule has 3 amide bonds. The van der Waals surface area contributed by atoms with Gasteiger partial charge in [0.2, 0.25) is 15.6 Å². The van der Waals surface area contributed by atoms with Crippen molar-refractivity contribution in [2.75, 3.05) is 19.7 Å². The number of halogens is 3. The zero-order valence-electron chi connectivity index (χ0n) is 23.9. The maximum absolute atomic E-state index is 13.3. The Hall–Kier alpha value is -2.93. The molecule has 0 aliphatic heterocycles. The molecule has 3 aromatic rings. The van der Waals surface area contributed by atoms with E-state index in [9.17, 15) is 19.2 Å². The molecule has 3 atom stereocenters. The van der Waals surface area contributed by atoms with Gasteiger partial charge in [-0.05, 0) is 53.5 Å². The minimum Gasteiger partial charge on any atom is -0.445 e. The van der Waals surface area contributed by atoms with Gasteiger partial charge in [0.25, 0.3) is 0 Å². The molecular formula is C30H36Cl3N5O5S. The van der Waals surface area contributed by atoms with Crippen molar-refractivity contribution in [3.05, 3.63) is 70.4 Å². The zero-order valence-corrected chi connectivity index (χ0v) is 27.0. The lowest BCUT2D eigenvalue weighted by Gasteiger charge is -2.22. The lowest BCUT2D eigenvalue weighted by molar-refractivity contribution is -0.129. The van der Waals surface area contributed by atoms with Crippen LogP contribution in [0.3, 0.4) is 0 Å². The molecule has 0 bridgehead atoms. The number of thiophene rings is 1. The van der Waals surface area contributed by atoms with E-state index in [1.54, 1.807) is 0 Å². The van der Waals surface area contributed by atoms with Gasteiger partial charge in [0.05, 0.1) is 18.6 Å². The van der Waals surface area contributed by atoms with Gasteiger partial charge in [-0.15, -0.1) is 11.3 Å². The summed E-state index contributed by atoms with van der Waals surface area (Å²) in [7, 11) is 0. The number of fused-ring (bicyclic) bond motifs is 1. The molecule has 0 spiro atoms. The predicted molar refractivity (Wildman–Crippen MR) is 175 cm³/mol. The van der Waals surface area contributed by atoms with Gasteiger partial charge in [0, 0.05) is 17.8 Å². The van der Waals surface area contributed by atoms with Crippen molar-refractivity contribution >= 4 is 80.6 Å². The molecule has 238 valence electrons. The van der Waals surface area contributed by atoms with Gasteiger partial charge in [0.15, 0.2) is 5.78 Å². The number of rotatable bonds is 17. The van der Waals surface area contributed by atoms with Gasteiger partial charge < -0.3 is 26.8 Å². The number of amides is 3. The third kappa shape index (κ3) is 12.6. The minimum absolute atomic E-state index is 0.126. The molecule has 3 rings (SSSR count). The Bertz CT molecular complexity index is 1400. The number of benzene rings is 2. The number of nitrogens with one attached hydrogen (secondary N) is 3. The van der Waals surface area contributed by atoms with Crippen LogP contribution in [-0.2, 0) is 32.0 Å². The highest BCUT2D eigenvalue weighted by Crippen LogP contribution is 2.25. The molecule has 1 aromatic heterocycles. The molecule has 0 aliphatic rings. The molecule has 0 radical (unpaired) electrons. The Labute approximate surface area is 275 Å². The Morgan fingerprint density at radius 1 is 0.932 bits per heavy atom. The average molecular weight is 685 g/mol. The summed E-state index contributed by atoms with van der Waals surface area (Å²) in [5, 5.41) is 12.3. The van der Waals surface area contributed by atoms with E-state index in [0.29, 0.717) is 25.7 Å². The fraction of sp³-hybridized carbons (Fsp3) is 0.400. The van der Waals surface area contributed by atoms with Crippen molar-refractivity contribution in [1.29, 1.82) is 0 Å². The first kappa shape index (κ1) is 35.5. The van der Waals surface area contributed by atoms with E-state index in [1.165, 1.54) is 11.3 Å². The number of carbonyl (C=O) groups is 4. The summed E-state index contributed by atoms with van der Waals surface area (Å²) in [6.07, 6.45) is 1.10. The van der Waals surface area contributed by atoms with Crippen LogP contribution < -0.4 is 27.4 Å². The topological polar surface area (TPSA) is 166 Å². The first-order valence-electron chi connectivity index (χ1n) is 14.0. The number of ketones is 1. The Balaban J connectivity index is 1.51. The Morgan fingerprint density at radius 3 is 2.36 bits per heavy atom. The predicted octanol–water partition coefficient (Wildman–Crippen LogP) is 3.78. The third-order valence-corrected chi connectivity index (χ3v) is 7.95. The molecule has 1 heterocycles. The van der Waals surface area contributed by atoms with Crippen LogP contribution in [0, 0.1) is 0 Å². The first-order valence-corrected chi connectivity index (χ1v) is 16.0. The number of hydrogen-bond acceptors (Lipinski definition) is 8. The highest BCUT2D eigenvalue weighted by Gasteiger charge is 2.26. The van der Waals surface area contributed by atoms with Gasteiger partial charge in [-0.25, -0.2) is 4.79 Å². The van der Waals surface area contributed by atoms with Gasteiger partial charge in [-0.3, -0.25) is 19.7 Å². The summed E-state index contributed by atoms with van der Waals surface area (Å²) >= 11 is 18.1. The number of alkyl halides is 3. The SMILES string of the molecule is NC(=O)[C@H](CCCCNC(=O)OCC(Cl)(Cl)Cl)NC(=O)[C@@H](Cc1cccs1)NCC(=O)[C@H](N)Cc1ccc2ccccc2c1. The molecular weight excluding hydrogens is 649 g/mol. The maximum Gasteiger partial charge on any atom is 0.407 e. The summed E-state index contributed by atoms with van der Waals surface area (Å²) in [5.41, 5.74) is 12.8. The van der Waals surface area contributed by atoms with E-state index in [2.05, 4.69) is 16.0 Å². The van der Waals surface area contributed by atoms with Crippen LogP contribution in [0.25, 0.3) is 10.8 Å². The number of carbonyl (C=O) groups excluding carboxylic acids is 4. The van der Waals surface area contributed by atoms with Crippen LogP contribution in [-0.4, -0.2) is 65.3 Å². The van der Waals surface area contributed by atoms with Crippen LogP contribution >= 0.6 is 46.1 Å². The largest absolute Gasteiger partial charge is 0.445 e. The van der Waals surface area contributed by atoms with Crippen molar-refractivity contribution in [1.82, 2.24) is 16.0 Å². The smallest absolute Gasteiger partial charge is 0.407 e. The summed E-state index contributed by atoms with van der Waals surface area (Å²) < 4.78 is 3.07. The quantitative estimate of drug-likeness (QED) is 0.107. The highest BCUT2D eigenvalue weighted by molar-refractivity contribution is 7.09. The van der Waals surface area contributed by atoms with Crippen LogP contribution in [0.5, 0.6) is 0 Å². The highest BCUT2D eigenvalue weighted by atomic mass is 35.6. The number of nitrogens with two attached hydrogens (primary N) is 2. The van der Waals surface area contributed by atoms with Crippen molar-refractivity contribution in [2.24, 2.45) is 11.5 Å². The number of Topliss-reactive ketones (excluding diaryl/α,β-unsaturated/α-hetero) is 1. The summed E-state index contributed by atoms with van der Waals surface area (Å²) in [6.45, 7) is -0.288. The van der Waals surface area contributed by atoms with Crippen LogP contribution in [0.2, 0.25) is 0 Å². The second-order valence-corrected chi connectivity index (χ2v) is 13.8.